The summed E-state index contributed by atoms with van der Waals surface area (Å²) in [6.45, 7) is 3.92. The summed E-state index contributed by atoms with van der Waals surface area (Å²) in [5, 5.41) is 7.12. The predicted octanol–water partition coefficient (Wildman–Crippen LogP) is 4.36. The summed E-state index contributed by atoms with van der Waals surface area (Å²) in [7, 11) is 4.17. The van der Waals surface area contributed by atoms with Crippen LogP contribution in [-0.4, -0.2) is 57.3 Å². The Labute approximate surface area is 174 Å². The van der Waals surface area contributed by atoms with E-state index in [-0.39, 0.29) is 0 Å². The van der Waals surface area contributed by atoms with Crippen molar-refractivity contribution in [2.24, 2.45) is 0 Å². The van der Waals surface area contributed by atoms with Crippen LogP contribution >= 0.6 is 15.9 Å². The van der Waals surface area contributed by atoms with E-state index in [0.29, 0.717) is 0 Å². The molecule has 0 fully saturated rings. The van der Waals surface area contributed by atoms with Crippen LogP contribution in [0, 0.1) is 6.92 Å². The van der Waals surface area contributed by atoms with Crippen molar-refractivity contribution in [3.8, 4) is 11.5 Å². The number of hydrogen-bond acceptors (Lipinski definition) is 4. The minimum Gasteiger partial charge on any atom is -0.475 e. The van der Waals surface area contributed by atoms with E-state index in [4.69, 9.17) is 14.9 Å². The maximum Gasteiger partial charge on any atom is 0.490 e. The van der Waals surface area contributed by atoms with Crippen LogP contribution in [-0.2, 0) is 11.3 Å². The molecule has 0 bridgehead atoms. The van der Waals surface area contributed by atoms with Gasteiger partial charge in [0.15, 0.2) is 5.82 Å². The topological polar surface area (TPSA) is 71.2 Å². The summed E-state index contributed by atoms with van der Waals surface area (Å²) in [5.74, 6) is -1.82. The summed E-state index contributed by atoms with van der Waals surface area (Å²) in [4.78, 5) is 20.5. The third kappa shape index (κ3) is 6.01. The van der Waals surface area contributed by atoms with Crippen LogP contribution in [0.15, 0.2) is 41.0 Å². The number of para-hydroxylation sites is 2. The van der Waals surface area contributed by atoms with Crippen molar-refractivity contribution in [1.29, 1.82) is 0 Å². The molecule has 29 heavy (non-hydrogen) atoms. The van der Waals surface area contributed by atoms with Crippen molar-refractivity contribution in [2.45, 2.75) is 19.6 Å². The highest BCUT2D eigenvalue weighted by Gasteiger charge is 2.38. The monoisotopic (exact) mass is 472 g/mol. The lowest BCUT2D eigenvalue weighted by molar-refractivity contribution is -0.192. The smallest absolute Gasteiger partial charge is 0.475 e. The van der Waals surface area contributed by atoms with Gasteiger partial charge < -0.3 is 14.6 Å². The van der Waals surface area contributed by atoms with Crippen molar-refractivity contribution in [1.82, 2.24) is 19.4 Å². The number of carboxylic acid groups (broad SMARTS) is 1. The van der Waals surface area contributed by atoms with Crippen molar-refractivity contribution in [2.75, 3.05) is 20.6 Å². The lowest BCUT2D eigenvalue weighted by Gasteiger charge is -2.14. The standard InChI is InChI=1S/C17H19BrN4.C2HF3O2/c1-12-10-13(18)11-19-16(12)17-20-14-6-4-5-7-15(14)22(17)9-8-21(2)3;3-2(4,5)1(6)7/h4-7,10-11H,8-9H2,1-3H3;(H,6,7). The summed E-state index contributed by atoms with van der Waals surface area (Å²) in [6, 6.07) is 10.3. The number of aliphatic carboxylic acids is 1. The quantitative estimate of drug-likeness (QED) is 0.610. The number of rotatable bonds is 4. The van der Waals surface area contributed by atoms with Gasteiger partial charge in [0.25, 0.3) is 0 Å². The third-order valence-corrected chi connectivity index (χ3v) is 4.36. The fraction of sp³-hybridized carbons (Fsp3) is 0.316. The van der Waals surface area contributed by atoms with Crippen LogP contribution < -0.4 is 0 Å². The summed E-state index contributed by atoms with van der Waals surface area (Å²) < 4.78 is 35.0. The number of pyridine rings is 1. The Morgan fingerprint density at radius 1 is 1.28 bits per heavy atom. The van der Waals surface area contributed by atoms with Crippen LogP contribution in [0.2, 0.25) is 0 Å². The summed E-state index contributed by atoms with van der Waals surface area (Å²) >= 11 is 3.48. The van der Waals surface area contributed by atoms with Crippen LogP contribution in [0.1, 0.15) is 5.56 Å². The Balaban J connectivity index is 0.000000370. The number of likely N-dealkylation sites (N-methyl/N-ethyl adjacent to an activating group) is 1. The second-order valence-corrected chi connectivity index (χ2v) is 7.42. The summed E-state index contributed by atoms with van der Waals surface area (Å²) in [6.07, 6.45) is -3.25. The molecule has 0 aliphatic carbocycles. The van der Waals surface area contributed by atoms with Gasteiger partial charge in [-0.25, -0.2) is 9.78 Å². The molecule has 0 amide bonds. The van der Waals surface area contributed by atoms with Crippen LogP contribution in [0.3, 0.4) is 0 Å². The van der Waals surface area contributed by atoms with Gasteiger partial charge in [-0.3, -0.25) is 4.98 Å². The maximum absolute atomic E-state index is 10.6. The first-order chi connectivity index (χ1) is 13.5. The predicted molar refractivity (Wildman–Crippen MR) is 108 cm³/mol. The Morgan fingerprint density at radius 3 is 2.45 bits per heavy atom. The number of aromatic nitrogens is 3. The molecule has 0 spiro atoms. The molecular weight excluding hydrogens is 453 g/mol. The second kappa shape index (κ2) is 9.36. The molecule has 0 radical (unpaired) electrons. The first kappa shape index (κ1) is 22.8. The molecule has 1 N–H and O–H groups in total. The molecule has 0 atom stereocenters. The molecule has 3 aromatic rings. The SMILES string of the molecule is Cc1cc(Br)cnc1-c1nc2ccccc2n1CCN(C)C.O=C(O)C(F)(F)F. The molecule has 2 aromatic heterocycles. The number of benzene rings is 1. The van der Waals surface area contributed by atoms with Gasteiger partial charge in [0, 0.05) is 23.8 Å². The number of nitrogens with zero attached hydrogens (tertiary/aromatic N) is 4. The fourth-order valence-corrected chi connectivity index (χ4v) is 3.00. The van der Waals surface area contributed by atoms with E-state index >= 15 is 0 Å². The minimum atomic E-state index is -5.08. The van der Waals surface area contributed by atoms with Gasteiger partial charge in [0.2, 0.25) is 0 Å². The number of aryl methyl sites for hydroxylation is 1. The Hall–Kier alpha value is -2.46. The molecule has 2 heterocycles. The molecular formula is C19H20BrF3N4O2. The number of alkyl halides is 3. The molecule has 3 rings (SSSR count). The molecule has 156 valence electrons. The zero-order valence-corrected chi connectivity index (χ0v) is 17.6. The second-order valence-electron chi connectivity index (χ2n) is 6.50. The number of fused-ring (bicyclic) bond motifs is 1. The number of hydrogen-bond donors (Lipinski definition) is 1. The molecule has 0 unspecified atom stereocenters. The molecule has 1 aromatic carbocycles. The van der Waals surface area contributed by atoms with Gasteiger partial charge in [-0.15, -0.1) is 0 Å². The average Bonchev–Trinajstić information content (AvgIpc) is 2.98. The molecule has 10 heteroatoms. The molecule has 0 aliphatic rings. The van der Waals surface area contributed by atoms with Gasteiger partial charge >= 0.3 is 12.1 Å². The number of carboxylic acids is 1. The summed E-state index contributed by atoms with van der Waals surface area (Å²) in [5.41, 5.74) is 4.23. The molecule has 0 saturated heterocycles. The van der Waals surface area contributed by atoms with Gasteiger partial charge in [-0.2, -0.15) is 13.2 Å². The fourth-order valence-electron chi connectivity index (χ4n) is 2.56. The highest BCUT2D eigenvalue weighted by atomic mass is 79.9. The van der Waals surface area contributed by atoms with Gasteiger partial charge in [-0.05, 0) is 60.7 Å². The average molecular weight is 473 g/mol. The van der Waals surface area contributed by atoms with Crippen molar-refractivity contribution in [3.63, 3.8) is 0 Å². The Morgan fingerprint density at radius 2 is 1.90 bits per heavy atom. The van der Waals surface area contributed by atoms with E-state index in [9.17, 15) is 13.2 Å². The Kier molecular flexibility index (Phi) is 7.37. The first-order valence-corrected chi connectivity index (χ1v) is 9.32. The van der Waals surface area contributed by atoms with Crippen molar-refractivity contribution < 1.29 is 23.1 Å². The Bertz CT molecular complexity index is 1000. The van der Waals surface area contributed by atoms with Crippen LogP contribution in [0.4, 0.5) is 13.2 Å². The van der Waals surface area contributed by atoms with Crippen LogP contribution in [0.25, 0.3) is 22.6 Å². The van der Waals surface area contributed by atoms with Gasteiger partial charge in [-0.1, -0.05) is 12.1 Å². The highest BCUT2D eigenvalue weighted by Crippen LogP contribution is 2.27. The molecule has 0 aliphatic heterocycles. The zero-order valence-electron chi connectivity index (χ0n) is 16.0. The lowest BCUT2D eigenvalue weighted by atomic mass is 10.2. The van der Waals surface area contributed by atoms with E-state index in [1.54, 1.807) is 0 Å². The third-order valence-electron chi connectivity index (χ3n) is 3.92. The van der Waals surface area contributed by atoms with E-state index in [1.165, 1.54) is 0 Å². The van der Waals surface area contributed by atoms with Gasteiger partial charge in [0.05, 0.1) is 11.0 Å². The number of carbonyl (C=O) groups is 1. The molecule has 6 nitrogen and oxygen atoms in total. The van der Waals surface area contributed by atoms with E-state index < -0.39 is 12.1 Å². The van der Waals surface area contributed by atoms with E-state index in [2.05, 4.69) is 75.7 Å². The zero-order chi connectivity index (χ0) is 21.8. The maximum atomic E-state index is 10.6. The van der Waals surface area contributed by atoms with Gasteiger partial charge in [0.1, 0.15) is 5.69 Å². The normalized spacial score (nSPS) is 11.4. The van der Waals surface area contributed by atoms with Crippen LogP contribution in [0.5, 0.6) is 0 Å². The van der Waals surface area contributed by atoms with Crippen molar-refractivity contribution in [3.05, 3.63) is 46.6 Å². The largest absolute Gasteiger partial charge is 0.490 e. The first-order valence-electron chi connectivity index (χ1n) is 8.53. The number of halogens is 4. The van der Waals surface area contributed by atoms with E-state index in [1.807, 2.05) is 12.3 Å². The number of imidazole rings is 1. The minimum absolute atomic E-state index is 0.889. The highest BCUT2D eigenvalue weighted by molar-refractivity contribution is 9.10. The van der Waals surface area contributed by atoms with E-state index in [0.717, 1.165) is 45.7 Å². The molecule has 0 saturated carbocycles. The van der Waals surface area contributed by atoms with Crippen molar-refractivity contribution >= 4 is 32.9 Å². The lowest BCUT2D eigenvalue weighted by Crippen LogP contribution is -2.21.